The van der Waals surface area contributed by atoms with Crippen molar-refractivity contribution in [2.24, 2.45) is 0 Å². The van der Waals surface area contributed by atoms with E-state index in [2.05, 4.69) is 33.9 Å². The molecule has 2 rings (SSSR count). The summed E-state index contributed by atoms with van der Waals surface area (Å²) in [6.45, 7) is 13.5. The molecule has 0 atom stereocenters. The summed E-state index contributed by atoms with van der Waals surface area (Å²) in [4.78, 5) is 11.0. The highest BCUT2D eigenvalue weighted by Crippen LogP contribution is 2.16. The van der Waals surface area contributed by atoms with Gasteiger partial charge in [-0.25, -0.2) is 4.98 Å². The monoisotopic (exact) mass is 296 g/mol. The fourth-order valence-electron chi connectivity index (χ4n) is 2.47. The van der Waals surface area contributed by atoms with E-state index in [0.29, 0.717) is 0 Å². The fraction of sp³-hybridized carbons (Fsp3) is 0.800. The van der Waals surface area contributed by atoms with Gasteiger partial charge in [-0.05, 0) is 19.5 Å². The second kappa shape index (κ2) is 8.72. The molecular weight excluding hydrogens is 268 g/mol. The Morgan fingerprint density at radius 3 is 2.65 bits per heavy atom. The first-order valence-electron chi connectivity index (χ1n) is 7.90. The first kappa shape index (κ1) is 15.9. The lowest BCUT2D eigenvalue weighted by atomic mass is 10.3. The van der Waals surface area contributed by atoms with Crippen LogP contribution < -0.4 is 5.32 Å². The minimum absolute atomic E-state index is 0.973. The van der Waals surface area contributed by atoms with Crippen LogP contribution in [0.25, 0.3) is 0 Å². The Kier molecular flexibility index (Phi) is 6.93. The number of likely N-dealkylation sites (N-methyl/N-ethyl adjacent to an activating group) is 1. The Morgan fingerprint density at radius 1 is 1.20 bits per heavy atom. The molecule has 1 aromatic rings. The van der Waals surface area contributed by atoms with Crippen LogP contribution in [0.15, 0.2) is 6.20 Å². The normalized spacial score (nSPS) is 17.7. The SMILES string of the molecule is CCCCNCc1cnc(CN2CCN(CC)CC2)s1. The van der Waals surface area contributed by atoms with Crippen LogP contribution in [-0.2, 0) is 13.1 Å². The minimum Gasteiger partial charge on any atom is -0.312 e. The van der Waals surface area contributed by atoms with Gasteiger partial charge in [0, 0.05) is 43.8 Å². The summed E-state index contributed by atoms with van der Waals surface area (Å²) in [6.07, 6.45) is 4.55. The van der Waals surface area contributed by atoms with Gasteiger partial charge in [0.05, 0.1) is 6.54 Å². The molecule has 0 saturated carbocycles. The van der Waals surface area contributed by atoms with Crippen LogP contribution in [0.3, 0.4) is 0 Å². The fourth-order valence-corrected chi connectivity index (χ4v) is 3.41. The van der Waals surface area contributed by atoms with Gasteiger partial charge in [0.2, 0.25) is 0 Å². The van der Waals surface area contributed by atoms with Crippen LogP contribution in [0, 0.1) is 0 Å². The quantitative estimate of drug-likeness (QED) is 0.745. The van der Waals surface area contributed by atoms with E-state index in [1.165, 1.54) is 55.5 Å². The third-order valence-electron chi connectivity index (χ3n) is 3.88. The molecule has 0 bridgehead atoms. The van der Waals surface area contributed by atoms with Gasteiger partial charge >= 0.3 is 0 Å². The molecule has 1 N–H and O–H groups in total. The molecule has 2 heterocycles. The number of hydrogen-bond donors (Lipinski definition) is 1. The van der Waals surface area contributed by atoms with Crippen LogP contribution in [-0.4, -0.2) is 54.1 Å². The standard InChI is InChI=1S/C15H28N4S/c1-3-5-6-16-11-14-12-17-15(20-14)13-19-9-7-18(4-2)8-10-19/h12,16H,3-11,13H2,1-2H3. The van der Waals surface area contributed by atoms with E-state index in [-0.39, 0.29) is 0 Å². The zero-order chi connectivity index (χ0) is 14.2. The number of nitrogens with one attached hydrogen (secondary N) is 1. The van der Waals surface area contributed by atoms with E-state index >= 15 is 0 Å². The summed E-state index contributed by atoms with van der Waals surface area (Å²) in [5.74, 6) is 0. The zero-order valence-corrected chi connectivity index (χ0v) is 13.7. The number of rotatable bonds is 8. The predicted molar refractivity (Wildman–Crippen MR) is 86.1 cm³/mol. The smallest absolute Gasteiger partial charge is 0.107 e. The molecule has 0 unspecified atom stereocenters. The number of hydrogen-bond acceptors (Lipinski definition) is 5. The van der Waals surface area contributed by atoms with Crippen LogP contribution >= 0.6 is 11.3 Å². The van der Waals surface area contributed by atoms with Gasteiger partial charge in [0.25, 0.3) is 0 Å². The molecule has 20 heavy (non-hydrogen) atoms. The van der Waals surface area contributed by atoms with Gasteiger partial charge in [0.15, 0.2) is 0 Å². The summed E-state index contributed by atoms with van der Waals surface area (Å²) in [5, 5.41) is 4.75. The average molecular weight is 296 g/mol. The number of unbranched alkanes of at least 4 members (excludes halogenated alkanes) is 1. The van der Waals surface area contributed by atoms with Crippen molar-refractivity contribution in [3.8, 4) is 0 Å². The Bertz CT molecular complexity index is 372. The van der Waals surface area contributed by atoms with Crippen LogP contribution in [0.1, 0.15) is 36.6 Å². The number of piperazine rings is 1. The lowest BCUT2D eigenvalue weighted by molar-refractivity contribution is 0.132. The molecule has 0 amide bonds. The molecule has 1 aromatic heterocycles. The van der Waals surface area contributed by atoms with E-state index in [0.717, 1.165) is 19.6 Å². The molecule has 4 nitrogen and oxygen atoms in total. The van der Waals surface area contributed by atoms with Gasteiger partial charge in [-0.3, -0.25) is 4.90 Å². The van der Waals surface area contributed by atoms with Crippen molar-refractivity contribution in [2.45, 2.75) is 39.8 Å². The van der Waals surface area contributed by atoms with Crippen molar-refractivity contribution in [3.05, 3.63) is 16.1 Å². The molecule has 0 aliphatic carbocycles. The second-order valence-electron chi connectivity index (χ2n) is 5.46. The Hall–Kier alpha value is -0.490. The molecule has 1 aliphatic heterocycles. The number of aromatic nitrogens is 1. The van der Waals surface area contributed by atoms with E-state index in [1.807, 2.05) is 17.5 Å². The average Bonchev–Trinajstić information content (AvgIpc) is 2.92. The van der Waals surface area contributed by atoms with Gasteiger partial charge in [-0.1, -0.05) is 20.3 Å². The van der Waals surface area contributed by atoms with Gasteiger partial charge in [-0.15, -0.1) is 11.3 Å². The second-order valence-corrected chi connectivity index (χ2v) is 6.66. The van der Waals surface area contributed by atoms with Crippen LogP contribution in [0.2, 0.25) is 0 Å². The van der Waals surface area contributed by atoms with Crippen molar-refractivity contribution in [1.82, 2.24) is 20.1 Å². The molecule has 114 valence electrons. The third-order valence-corrected chi connectivity index (χ3v) is 4.86. The van der Waals surface area contributed by atoms with Crippen LogP contribution in [0.5, 0.6) is 0 Å². The maximum Gasteiger partial charge on any atom is 0.107 e. The Labute approximate surface area is 127 Å². The summed E-state index contributed by atoms with van der Waals surface area (Å²) >= 11 is 1.86. The Balaban J connectivity index is 1.70. The first-order chi connectivity index (χ1) is 9.81. The van der Waals surface area contributed by atoms with Crippen molar-refractivity contribution in [1.29, 1.82) is 0 Å². The molecule has 1 aliphatic rings. The molecule has 0 radical (unpaired) electrons. The van der Waals surface area contributed by atoms with Gasteiger partial charge in [0.1, 0.15) is 5.01 Å². The third kappa shape index (κ3) is 5.13. The molecular formula is C15H28N4S. The number of thiazole rings is 1. The van der Waals surface area contributed by atoms with E-state index in [4.69, 9.17) is 0 Å². The predicted octanol–water partition coefficient (Wildman–Crippen LogP) is 2.17. The molecule has 5 heteroatoms. The van der Waals surface area contributed by atoms with E-state index in [9.17, 15) is 0 Å². The first-order valence-corrected chi connectivity index (χ1v) is 8.72. The highest BCUT2D eigenvalue weighted by Gasteiger charge is 2.16. The molecule has 1 saturated heterocycles. The highest BCUT2D eigenvalue weighted by atomic mass is 32.1. The summed E-state index contributed by atoms with van der Waals surface area (Å²) in [6, 6.07) is 0. The maximum absolute atomic E-state index is 4.57. The lowest BCUT2D eigenvalue weighted by Crippen LogP contribution is -2.45. The maximum atomic E-state index is 4.57. The lowest BCUT2D eigenvalue weighted by Gasteiger charge is -2.33. The van der Waals surface area contributed by atoms with Crippen molar-refractivity contribution in [3.63, 3.8) is 0 Å². The largest absolute Gasteiger partial charge is 0.312 e. The molecule has 1 fully saturated rings. The van der Waals surface area contributed by atoms with Gasteiger partial charge < -0.3 is 10.2 Å². The van der Waals surface area contributed by atoms with Crippen molar-refractivity contribution < 1.29 is 0 Å². The summed E-state index contributed by atoms with van der Waals surface area (Å²) in [7, 11) is 0. The van der Waals surface area contributed by atoms with Crippen molar-refractivity contribution >= 4 is 11.3 Å². The van der Waals surface area contributed by atoms with Crippen molar-refractivity contribution in [2.75, 3.05) is 39.3 Å². The zero-order valence-electron chi connectivity index (χ0n) is 12.9. The molecule has 0 spiro atoms. The van der Waals surface area contributed by atoms with E-state index in [1.54, 1.807) is 0 Å². The van der Waals surface area contributed by atoms with E-state index < -0.39 is 0 Å². The summed E-state index contributed by atoms with van der Waals surface area (Å²) in [5.41, 5.74) is 0. The Morgan fingerprint density at radius 2 is 1.95 bits per heavy atom. The topological polar surface area (TPSA) is 31.4 Å². The minimum atomic E-state index is 0.973. The number of nitrogens with zero attached hydrogens (tertiary/aromatic N) is 3. The summed E-state index contributed by atoms with van der Waals surface area (Å²) < 4.78 is 0. The van der Waals surface area contributed by atoms with Crippen LogP contribution in [0.4, 0.5) is 0 Å². The molecule has 0 aromatic carbocycles. The highest BCUT2D eigenvalue weighted by molar-refractivity contribution is 7.11. The van der Waals surface area contributed by atoms with Gasteiger partial charge in [-0.2, -0.15) is 0 Å².